The number of nitrogens with one attached hydrogen (secondary N) is 2. The SMILES string of the molecule is C=Nc1cc(C(=O)N[C@@H](C/C(C)=C/Nc2ccc(O)cc2)C(=O)OC)ccc1N(Cc1ccoc1)C1CCCCC1. The first kappa shape index (κ1) is 29.5. The Morgan fingerprint density at radius 1 is 1.17 bits per heavy atom. The number of methoxy groups -OCH3 is 1. The van der Waals surface area contributed by atoms with Gasteiger partial charge in [0.15, 0.2) is 0 Å². The summed E-state index contributed by atoms with van der Waals surface area (Å²) < 4.78 is 10.3. The number of aliphatic imine (C=N–C) groups is 1. The average molecular weight is 559 g/mol. The van der Waals surface area contributed by atoms with Gasteiger partial charge in [0.1, 0.15) is 11.8 Å². The van der Waals surface area contributed by atoms with Crippen molar-refractivity contribution < 1.29 is 23.8 Å². The van der Waals surface area contributed by atoms with Crippen LogP contribution in [-0.2, 0) is 16.1 Å². The number of aromatic hydroxyl groups is 1. The predicted molar refractivity (Wildman–Crippen MR) is 161 cm³/mol. The molecule has 1 fully saturated rings. The van der Waals surface area contributed by atoms with E-state index in [-0.39, 0.29) is 12.2 Å². The standard InChI is InChI=1S/C32H38N4O5/c1-22(19-34-25-10-12-27(37)13-11-25)17-29(32(39)40-3)35-31(38)24-9-14-30(28(18-24)33-2)36(20-23-15-16-41-21-23)26-7-5-4-6-8-26/h9-16,18-19,21,26,29,34,37H,2,4-8,17,20H2,1,3H3,(H,35,38)/b22-19+/t29-/m0/s1. The molecule has 0 saturated heterocycles. The van der Waals surface area contributed by atoms with Gasteiger partial charge in [0.05, 0.1) is 31.0 Å². The number of amides is 1. The van der Waals surface area contributed by atoms with Gasteiger partial charge in [-0.05, 0) is 75.0 Å². The number of phenols is 1. The summed E-state index contributed by atoms with van der Waals surface area (Å²) in [6, 6.07) is 13.4. The molecule has 4 rings (SSSR count). The zero-order valence-electron chi connectivity index (χ0n) is 23.6. The Bertz CT molecular complexity index is 1340. The summed E-state index contributed by atoms with van der Waals surface area (Å²) in [5.41, 5.74) is 4.56. The highest BCUT2D eigenvalue weighted by Gasteiger charge is 2.26. The number of carbonyl (C=O) groups excluding carboxylic acids is 2. The second-order valence-corrected chi connectivity index (χ2v) is 10.3. The van der Waals surface area contributed by atoms with Gasteiger partial charge in [0.25, 0.3) is 5.91 Å². The van der Waals surface area contributed by atoms with Crippen LogP contribution < -0.4 is 15.5 Å². The van der Waals surface area contributed by atoms with Gasteiger partial charge >= 0.3 is 5.97 Å². The molecule has 0 aliphatic heterocycles. The molecule has 0 radical (unpaired) electrons. The number of furan rings is 1. The van der Waals surface area contributed by atoms with Crippen molar-refractivity contribution in [1.29, 1.82) is 0 Å². The number of rotatable bonds is 12. The molecule has 3 aromatic rings. The van der Waals surface area contributed by atoms with Gasteiger partial charge in [-0.1, -0.05) is 24.8 Å². The van der Waals surface area contributed by atoms with Crippen LogP contribution in [-0.4, -0.2) is 42.9 Å². The highest BCUT2D eigenvalue weighted by molar-refractivity contribution is 5.98. The summed E-state index contributed by atoms with van der Waals surface area (Å²) in [4.78, 5) is 32.5. The molecule has 41 heavy (non-hydrogen) atoms. The topological polar surface area (TPSA) is 116 Å². The molecule has 1 aliphatic carbocycles. The normalized spacial score (nSPS) is 14.6. The van der Waals surface area contributed by atoms with Crippen molar-refractivity contribution in [2.24, 2.45) is 4.99 Å². The van der Waals surface area contributed by atoms with E-state index in [4.69, 9.17) is 9.15 Å². The number of phenolic OH excluding ortho intramolecular Hbond substituents is 1. The van der Waals surface area contributed by atoms with Crippen LogP contribution in [0.4, 0.5) is 17.1 Å². The maximum Gasteiger partial charge on any atom is 0.328 e. The lowest BCUT2D eigenvalue weighted by Crippen LogP contribution is -2.41. The number of anilines is 2. The van der Waals surface area contributed by atoms with Crippen molar-refractivity contribution in [3.8, 4) is 5.75 Å². The number of hydrogen-bond acceptors (Lipinski definition) is 8. The van der Waals surface area contributed by atoms with E-state index < -0.39 is 17.9 Å². The quantitative estimate of drug-likeness (QED) is 0.135. The maximum atomic E-state index is 13.3. The Morgan fingerprint density at radius 2 is 1.93 bits per heavy atom. The molecule has 0 bridgehead atoms. The van der Waals surface area contributed by atoms with Crippen LogP contribution in [0.25, 0.3) is 0 Å². The molecule has 2 aromatic carbocycles. The third kappa shape index (κ3) is 8.00. The number of hydrogen-bond donors (Lipinski definition) is 3. The van der Waals surface area contributed by atoms with Crippen LogP contribution in [0, 0.1) is 0 Å². The fourth-order valence-corrected chi connectivity index (χ4v) is 5.14. The molecule has 1 aromatic heterocycles. The first-order valence-electron chi connectivity index (χ1n) is 13.9. The summed E-state index contributed by atoms with van der Waals surface area (Å²) in [6.45, 7) is 6.30. The monoisotopic (exact) mass is 558 g/mol. The maximum absolute atomic E-state index is 13.3. The lowest BCUT2D eigenvalue weighted by molar-refractivity contribution is -0.142. The third-order valence-corrected chi connectivity index (χ3v) is 7.34. The summed E-state index contributed by atoms with van der Waals surface area (Å²) in [7, 11) is 1.30. The van der Waals surface area contributed by atoms with Gasteiger partial charge in [0, 0.05) is 42.0 Å². The molecule has 216 valence electrons. The van der Waals surface area contributed by atoms with Crippen molar-refractivity contribution >= 4 is 35.7 Å². The average Bonchev–Trinajstić information content (AvgIpc) is 3.52. The van der Waals surface area contributed by atoms with Crippen LogP contribution in [0.1, 0.15) is 61.4 Å². The first-order valence-corrected chi connectivity index (χ1v) is 13.9. The van der Waals surface area contributed by atoms with Crippen molar-refractivity contribution in [3.63, 3.8) is 0 Å². The Balaban J connectivity index is 1.50. The molecule has 1 heterocycles. The van der Waals surface area contributed by atoms with Crippen LogP contribution in [0.15, 0.2) is 82.2 Å². The van der Waals surface area contributed by atoms with Crippen LogP contribution in [0.2, 0.25) is 0 Å². The van der Waals surface area contributed by atoms with Crippen molar-refractivity contribution in [3.05, 3.63) is 84.0 Å². The molecule has 1 atom stereocenters. The van der Waals surface area contributed by atoms with Crippen molar-refractivity contribution in [1.82, 2.24) is 5.32 Å². The van der Waals surface area contributed by atoms with E-state index in [0.717, 1.165) is 35.4 Å². The number of benzene rings is 2. The van der Waals surface area contributed by atoms with E-state index in [2.05, 4.69) is 27.2 Å². The number of carbonyl (C=O) groups is 2. The largest absolute Gasteiger partial charge is 0.508 e. The molecular formula is C32H38N4O5. The van der Waals surface area contributed by atoms with Gasteiger partial charge in [-0.2, -0.15) is 0 Å². The van der Waals surface area contributed by atoms with Gasteiger partial charge in [0.2, 0.25) is 0 Å². The molecule has 9 heteroatoms. The lowest BCUT2D eigenvalue weighted by Gasteiger charge is -2.36. The van der Waals surface area contributed by atoms with Gasteiger partial charge in [-0.25, -0.2) is 4.79 Å². The van der Waals surface area contributed by atoms with E-state index in [1.54, 1.807) is 55.1 Å². The molecule has 1 saturated carbocycles. The molecule has 9 nitrogen and oxygen atoms in total. The summed E-state index contributed by atoms with van der Waals surface area (Å²) >= 11 is 0. The van der Waals surface area contributed by atoms with Crippen molar-refractivity contribution in [2.75, 3.05) is 17.3 Å². The lowest BCUT2D eigenvalue weighted by atomic mass is 9.93. The number of ether oxygens (including phenoxy) is 1. The van der Waals surface area contributed by atoms with Gasteiger partial charge in [-0.3, -0.25) is 9.79 Å². The Labute approximate surface area is 240 Å². The fourth-order valence-electron chi connectivity index (χ4n) is 5.14. The third-order valence-electron chi connectivity index (χ3n) is 7.34. The minimum atomic E-state index is -0.884. The molecule has 0 unspecified atom stereocenters. The van der Waals surface area contributed by atoms with E-state index in [9.17, 15) is 14.7 Å². The fraction of sp³-hybridized carbons (Fsp3) is 0.344. The van der Waals surface area contributed by atoms with E-state index in [0.29, 0.717) is 23.8 Å². The zero-order valence-corrected chi connectivity index (χ0v) is 23.6. The Kier molecular flexibility index (Phi) is 10.2. The number of nitrogens with zero attached hydrogens (tertiary/aromatic N) is 2. The first-order chi connectivity index (χ1) is 19.9. The highest BCUT2D eigenvalue weighted by atomic mass is 16.5. The zero-order chi connectivity index (χ0) is 29.2. The highest BCUT2D eigenvalue weighted by Crippen LogP contribution is 2.36. The van der Waals surface area contributed by atoms with Crippen LogP contribution >= 0.6 is 0 Å². The van der Waals surface area contributed by atoms with Crippen molar-refractivity contribution in [2.45, 2.75) is 64.1 Å². The molecule has 1 aliphatic rings. The summed E-state index contributed by atoms with van der Waals surface area (Å²) in [6.07, 6.45) is 11.2. The Morgan fingerprint density at radius 3 is 2.59 bits per heavy atom. The second kappa shape index (κ2) is 14.2. The molecular weight excluding hydrogens is 520 g/mol. The summed E-state index contributed by atoms with van der Waals surface area (Å²) in [5, 5.41) is 15.4. The Hall–Kier alpha value is -4.53. The van der Waals surface area contributed by atoms with Crippen LogP contribution in [0.5, 0.6) is 5.75 Å². The second-order valence-electron chi connectivity index (χ2n) is 10.3. The van der Waals surface area contributed by atoms with Gasteiger partial charge in [-0.15, -0.1) is 0 Å². The minimum Gasteiger partial charge on any atom is -0.508 e. The molecule has 1 amide bonds. The van der Waals surface area contributed by atoms with Crippen LogP contribution in [0.3, 0.4) is 0 Å². The van der Waals surface area contributed by atoms with E-state index >= 15 is 0 Å². The van der Waals surface area contributed by atoms with E-state index in [1.165, 1.54) is 26.4 Å². The van der Waals surface area contributed by atoms with Gasteiger partial charge < -0.3 is 29.8 Å². The number of esters is 1. The smallest absolute Gasteiger partial charge is 0.328 e. The molecule has 0 spiro atoms. The minimum absolute atomic E-state index is 0.173. The summed E-state index contributed by atoms with van der Waals surface area (Å²) in [5.74, 6) is -0.777. The van der Waals surface area contributed by atoms with E-state index in [1.807, 2.05) is 19.1 Å². The predicted octanol–water partition coefficient (Wildman–Crippen LogP) is 6.33. The molecule has 3 N–H and O–H groups in total.